The van der Waals surface area contributed by atoms with Crippen molar-refractivity contribution in [1.82, 2.24) is 10.6 Å². The van der Waals surface area contributed by atoms with E-state index < -0.39 is 24.7 Å². The van der Waals surface area contributed by atoms with Gasteiger partial charge in [-0.25, -0.2) is 0 Å². The fourth-order valence-electron chi connectivity index (χ4n) is 1.93. The van der Waals surface area contributed by atoms with Crippen molar-refractivity contribution >= 4 is 5.91 Å². The first-order valence-electron chi connectivity index (χ1n) is 6.58. The first kappa shape index (κ1) is 16.2. The average molecular weight is 282 g/mol. The Balaban J connectivity index is 2.12. The lowest BCUT2D eigenvalue weighted by molar-refractivity contribution is -0.139. The van der Waals surface area contributed by atoms with Gasteiger partial charge in [0.1, 0.15) is 6.54 Å². The van der Waals surface area contributed by atoms with Gasteiger partial charge in [0.05, 0.1) is 12.1 Å². The van der Waals surface area contributed by atoms with Gasteiger partial charge in [0.2, 0.25) is 5.91 Å². The van der Waals surface area contributed by atoms with Gasteiger partial charge in [-0.2, -0.15) is 13.2 Å². The molecule has 0 bridgehead atoms. The van der Waals surface area contributed by atoms with Gasteiger partial charge < -0.3 is 15.4 Å². The summed E-state index contributed by atoms with van der Waals surface area (Å²) in [5.74, 6) is -0.637. The SMILES string of the molecule is CC(NCCC1CCCCO1)C(=O)NCC(F)(F)F. The summed E-state index contributed by atoms with van der Waals surface area (Å²) >= 11 is 0. The molecule has 0 aromatic carbocycles. The van der Waals surface area contributed by atoms with Crippen molar-refractivity contribution in [3.8, 4) is 0 Å². The molecule has 1 heterocycles. The number of halogens is 3. The number of rotatable bonds is 6. The zero-order valence-electron chi connectivity index (χ0n) is 11.1. The van der Waals surface area contributed by atoms with Crippen molar-refractivity contribution in [2.75, 3.05) is 19.7 Å². The lowest BCUT2D eigenvalue weighted by atomic mass is 10.1. The van der Waals surface area contributed by atoms with Crippen LogP contribution in [0.3, 0.4) is 0 Å². The maximum Gasteiger partial charge on any atom is 0.405 e. The second-order valence-electron chi connectivity index (χ2n) is 4.79. The van der Waals surface area contributed by atoms with Crippen LogP contribution in [0, 0.1) is 0 Å². The van der Waals surface area contributed by atoms with Gasteiger partial charge in [-0.1, -0.05) is 0 Å². The van der Waals surface area contributed by atoms with Crippen LogP contribution in [-0.2, 0) is 9.53 Å². The number of carbonyl (C=O) groups is 1. The maximum atomic E-state index is 11.9. The van der Waals surface area contributed by atoms with Crippen LogP contribution in [0.2, 0.25) is 0 Å². The molecule has 0 aromatic heterocycles. The summed E-state index contributed by atoms with van der Waals surface area (Å²) in [5.41, 5.74) is 0. The molecular weight excluding hydrogens is 261 g/mol. The van der Waals surface area contributed by atoms with E-state index in [-0.39, 0.29) is 6.10 Å². The molecule has 1 rings (SSSR count). The van der Waals surface area contributed by atoms with Crippen molar-refractivity contribution in [3.63, 3.8) is 0 Å². The minimum absolute atomic E-state index is 0.201. The van der Waals surface area contributed by atoms with Crippen LogP contribution in [0.5, 0.6) is 0 Å². The highest BCUT2D eigenvalue weighted by molar-refractivity contribution is 5.81. The molecule has 0 saturated carbocycles. The van der Waals surface area contributed by atoms with E-state index in [2.05, 4.69) is 5.32 Å². The third-order valence-corrected chi connectivity index (χ3v) is 3.05. The van der Waals surface area contributed by atoms with Gasteiger partial charge in [-0.05, 0) is 39.2 Å². The molecule has 2 atom stereocenters. The van der Waals surface area contributed by atoms with Gasteiger partial charge >= 0.3 is 6.18 Å². The molecule has 1 aliphatic rings. The minimum atomic E-state index is -4.37. The molecular formula is C12H21F3N2O2. The first-order chi connectivity index (χ1) is 8.88. The average Bonchev–Trinajstić information content (AvgIpc) is 2.36. The van der Waals surface area contributed by atoms with E-state index in [0.717, 1.165) is 32.3 Å². The summed E-state index contributed by atoms with van der Waals surface area (Å²) in [4.78, 5) is 11.4. The highest BCUT2D eigenvalue weighted by Crippen LogP contribution is 2.15. The lowest BCUT2D eigenvalue weighted by Gasteiger charge is -2.23. The quantitative estimate of drug-likeness (QED) is 0.778. The summed E-state index contributed by atoms with van der Waals surface area (Å²) < 4.78 is 41.3. The second kappa shape index (κ2) is 7.69. The van der Waals surface area contributed by atoms with E-state index in [1.807, 2.05) is 5.32 Å². The van der Waals surface area contributed by atoms with Crippen molar-refractivity contribution in [2.45, 2.75) is 50.9 Å². The number of nitrogens with one attached hydrogen (secondary N) is 2. The lowest BCUT2D eigenvalue weighted by Crippen LogP contribution is -2.45. The Bertz CT molecular complexity index is 279. The molecule has 0 spiro atoms. The van der Waals surface area contributed by atoms with Crippen molar-refractivity contribution < 1.29 is 22.7 Å². The fraction of sp³-hybridized carbons (Fsp3) is 0.917. The van der Waals surface area contributed by atoms with E-state index >= 15 is 0 Å². The predicted octanol–water partition coefficient (Wildman–Crippen LogP) is 1.60. The monoisotopic (exact) mass is 282 g/mol. The highest BCUT2D eigenvalue weighted by Gasteiger charge is 2.28. The molecule has 1 saturated heterocycles. The smallest absolute Gasteiger partial charge is 0.378 e. The molecule has 0 aliphatic carbocycles. The Kier molecular flexibility index (Phi) is 6.57. The molecule has 0 radical (unpaired) electrons. The zero-order valence-corrected chi connectivity index (χ0v) is 11.1. The summed E-state index contributed by atoms with van der Waals surface area (Å²) in [6.07, 6.45) is -0.156. The third-order valence-electron chi connectivity index (χ3n) is 3.05. The first-order valence-corrected chi connectivity index (χ1v) is 6.58. The predicted molar refractivity (Wildman–Crippen MR) is 64.7 cm³/mol. The van der Waals surface area contributed by atoms with Gasteiger partial charge in [-0.15, -0.1) is 0 Å². The van der Waals surface area contributed by atoms with Crippen LogP contribution in [0.1, 0.15) is 32.6 Å². The van der Waals surface area contributed by atoms with E-state index in [9.17, 15) is 18.0 Å². The van der Waals surface area contributed by atoms with Crippen LogP contribution in [0.4, 0.5) is 13.2 Å². The van der Waals surface area contributed by atoms with Crippen LogP contribution in [-0.4, -0.2) is 43.9 Å². The summed E-state index contributed by atoms with van der Waals surface area (Å²) in [7, 11) is 0. The van der Waals surface area contributed by atoms with Crippen molar-refractivity contribution in [3.05, 3.63) is 0 Å². The minimum Gasteiger partial charge on any atom is -0.378 e. The molecule has 1 amide bonds. The normalized spacial score (nSPS) is 22.0. The number of hydrogen-bond acceptors (Lipinski definition) is 3. The molecule has 4 nitrogen and oxygen atoms in total. The Labute approximate surface area is 111 Å². The number of amides is 1. The van der Waals surface area contributed by atoms with Crippen LogP contribution < -0.4 is 10.6 Å². The van der Waals surface area contributed by atoms with Gasteiger partial charge in [0, 0.05) is 6.61 Å². The largest absolute Gasteiger partial charge is 0.405 e. The number of carbonyl (C=O) groups excluding carboxylic acids is 1. The Morgan fingerprint density at radius 3 is 2.74 bits per heavy atom. The third kappa shape index (κ3) is 7.37. The summed E-state index contributed by atoms with van der Waals surface area (Å²) in [6, 6.07) is -0.633. The highest BCUT2D eigenvalue weighted by atomic mass is 19.4. The fourth-order valence-corrected chi connectivity index (χ4v) is 1.93. The molecule has 112 valence electrons. The van der Waals surface area contributed by atoms with Crippen molar-refractivity contribution in [1.29, 1.82) is 0 Å². The number of hydrogen-bond donors (Lipinski definition) is 2. The van der Waals surface area contributed by atoms with Crippen LogP contribution in [0.25, 0.3) is 0 Å². The van der Waals surface area contributed by atoms with Crippen LogP contribution in [0.15, 0.2) is 0 Å². The maximum absolute atomic E-state index is 11.9. The van der Waals surface area contributed by atoms with E-state index in [1.165, 1.54) is 0 Å². The molecule has 2 unspecified atom stereocenters. The molecule has 2 N–H and O–H groups in total. The zero-order chi connectivity index (χ0) is 14.3. The Morgan fingerprint density at radius 1 is 1.42 bits per heavy atom. The van der Waals surface area contributed by atoms with Gasteiger partial charge in [0.15, 0.2) is 0 Å². The molecule has 1 aliphatic heterocycles. The Morgan fingerprint density at radius 2 is 2.16 bits per heavy atom. The number of alkyl halides is 3. The molecule has 1 fully saturated rings. The molecule has 7 heteroatoms. The summed E-state index contributed by atoms with van der Waals surface area (Å²) in [5, 5.41) is 4.76. The van der Waals surface area contributed by atoms with Crippen LogP contribution >= 0.6 is 0 Å². The van der Waals surface area contributed by atoms with Gasteiger partial charge in [0.25, 0.3) is 0 Å². The molecule has 19 heavy (non-hydrogen) atoms. The second-order valence-corrected chi connectivity index (χ2v) is 4.79. The topological polar surface area (TPSA) is 50.4 Å². The Hall–Kier alpha value is -0.820. The van der Waals surface area contributed by atoms with E-state index in [0.29, 0.717) is 6.54 Å². The molecule has 0 aromatic rings. The standard InChI is InChI=1S/C12H21F3N2O2/c1-9(11(18)17-8-12(13,14)15)16-6-5-10-4-2-3-7-19-10/h9-10,16H,2-8H2,1H3,(H,17,18). The van der Waals surface area contributed by atoms with E-state index in [4.69, 9.17) is 4.74 Å². The summed E-state index contributed by atoms with van der Waals surface area (Å²) in [6.45, 7) is 1.59. The van der Waals surface area contributed by atoms with Gasteiger partial charge in [-0.3, -0.25) is 4.79 Å². The van der Waals surface area contributed by atoms with Crippen molar-refractivity contribution in [2.24, 2.45) is 0 Å². The van der Waals surface area contributed by atoms with E-state index in [1.54, 1.807) is 6.92 Å². The number of ether oxygens (including phenoxy) is 1.